The summed E-state index contributed by atoms with van der Waals surface area (Å²) in [7, 11) is 5.25. The first kappa shape index (κ1) is 22.0. The van der Waals surface area contributed by atoms with Crippen molar-refractivity contribution in [1.29, 1.82) is 0 Å². The summed E-state index contributed by atoms with van der Waals surface area (Å²) in [5.74, 6) is 1.70. The third kappa shape index (κ3) is 6.63. The Labute approximate surface area is 167 Å². The predicted molar refractivity (Wildman–Crippen MR) is 111 cm³/mol. The summed E-state index contributed by atoms with van der Waals surface area (Å²) in [5.41, 5.74) is 1.01. The molecule has 7 heteroatoms. The summed E-state index contributed by atoms with van der Waals surface area (Å²) in [6.45, 7) is 3.00. The van der Waals surface area contributed by atoms with Crippen molar-refractivity contribution >= 4 is 29.9 Å². The van der Waals surface area contributed by atoms with E-state index in [0.29, 0.717) is 0 Å². The normalized spacial score (nSPS) is 16.7. The highest BCUT2D eigenvalue weighted by molar-refractivity contribution is 14.0. The van der Waals surface area contributed by atoms with Gasteiger partial charge in [-0.15, -0.1) is 24.0 Å². The van der Waals surface area contributed by atoms with Gasteiger partial charge in [-0.25, -0.2) is 0 Å². The zero-order chi connectivity index (χ0) is 17.3. The average Bonchev–Trinajstić information content (AvgIpc) is 2.65. The third-order valence-electron chi connectivity index (χ3n) is 4.52. The molecule has 1 aliphatic heterocycles. The molecule has 25 heavy (non-hydrogen) atoms. The van der Waals surface area contributed by atoms with Gasteiger partial charge in [-0.2, -0.15) is 0 Å². The van der Waals surface area contributed by atoms with Gasteiger partial charge in [0.1, 0.15) is 5.75 Å². The van der Waals surface area contributed by atoms with E-state index < -0.39 is 0 Å². The number of hydrogen-bond donors (Lipinski definition) is 2. The Balaban J connectivity index is 0.00000312. The van der Waals surface area contributed by atoms with Crippen LogP contribution in [0.2, 0.25) is 0 Å². The molecule has 0 amide bonds. The van der Waals surface area contributed by atoms with Crippen molar-refractivity contribution in [2.45, 2.75) is 24.9 Å². The summed E-state index contributed by atoms with van der Waals surface area (Å²) >= 11 is 0. The van der Waals surface area contributed by atoms with Gasteiger partial charge in [0.2, 0.25) is 0 Å². The van der Waals surface area contributed by atoms with Gasteiger partial charge in [-0.1, -0.05) is 18.2 Å². The molecule has 1 heterocycles. The van der Waals surface area contributed by atoms with Crippen LogP contribution in [0, 0.1) is 0 Å². The van der Waals surface area contributed by atoms with Crippen molar-refractivity contribution in [1.82, 2.24) is 10.6 Å². The Hall–Kier alpha value is -1.06. The molecule has 0 saturated carbocycles. The Morgan fingerprint density at radius 2 is 1.92 bits per heavy atom. The maximum Gasteiger partial charge on any atom is 0.191 e. The number of nitrogens with zero attached hydrogens (tertiary/aromatic N) is 1. The highest BCUT2D eigenvalue weighted by Gasteiger charge is 2.32. The van der Waals surface area contributed by atoms with Crippen LogP contribution in [0.4, 0.5) is 0 Å². The summed E-state index contributed by atoms with van der Waals surface area (Å²) in [6.07, 6.45) is 2.66. The highest BCUT2D eigenvalue weighted by Crippen LogP contribution is 2.23. The van der Waals surface area contributed by atoms with E-state index in [1.54, 1.807) is 21.3 Å². The zero-order valence-corrected chi connectivity index (χ0v) is 17.7. The lowest BCUT2D eigenvalue weighted by molar-refractivity contribution is -0.0855. The minimum atomic E-state index is -0.168. The second kappa shape index (κ2) is 11.5. The van der Waals surface area contributed by atoms with Crippen LogP contribution in [0.5, 0.6) is 5.75 Å². The van der Waals surface area contributed by atoms with E-state index in [0.717, 1.165) is 57.3 Å². The van der Waals surface area contributed by atoms with E-state index >= 15 is 0 Å². The van der Waals surface area contributed by atoms with Gasteiger partial charge in [-0.3, -0.25) is 4.99 Å². The molecule has 2 N–H and O–H groups in total. The van der Waals surface area contributed by atoms with Crippen LogP contribution in [0.1, 0.15) is 18.4 Å². The topological polar surface area (TPSA) is 64.1 Å². The predicted octanol–water partition coefficient (Wildman–Crippen LogP) is 2.22. The lowest BCUT2D eigenvalue weighted by Gasteiger charge is -2.36. The van der Waals surface area contributed by atoms with Crippen LogP contribution in [0.25, 0.3) is 0 Å². The fourth-order valence-electron chi connectivity index (χ4n) is 2.89. The Kier molecular flexibility index (Phi) is 10.1. The molecule has 1 aromatic rings. The van der Waals surface area contributed by atoms with Crippen LogP contribution in [0.15, 0.2) is 29.3 Å². The molecule has 6 nitrogen and oxygen atoms in total. The molecule has 142 valence electrons. The van der Waals surface area contributed by atoms with Crippen LogP contribution in [-0.4, -0.2) is 59.1 Å². The molecule has 2 rings (SSSR count). The third-order valence-corrected chi connectivity index (χ3v) is 4.52. The summed E-state index contributed by atoms with van der Waals surface area (Å²) in [5, 5.41) is 6.72. The Morgan fingerprint density at radius 3 is 2.56 bits per heavy atom. The van der Waals surface area contributed by atoms with Gasteiger partial charge in [0.25, 0.3) is 0 Å². The first-order valence-corrected chi connectivity index (χ1v) is 8.42. The van der Waals surface area contributed by atoms with Gasteiger partial charge >= 0.3 is 0 Å². The number of methoxy groups -OCH3 is 2. The SMILES string of the molecule is CN=C(NCCc1ccccc1OC)NCC1(OC)CCOCC1.I. The number of hydrogen-bond acceptors (Lipinski definition) is 4. The van der Waals surface area contributed by atoms with Crippen LogP contribution < -0.4 is 15.4 Å². The number of ether oxygens (including phenoxy) is 3. The van der Waals surface area contributed by atoms with Crippen LogP contribution >= 0.6 is 24.0 Å². The summed E-state index contributed by atoms with van der Waals surface area (Å²) in [6, 6.07) is 8.07. The largest absolute Gasteiger partial charge is 0.496 e. The molecule has 1 aromatic carbocycles. The Bertz CT molecular complexity index is 534. The molecule has 1 saturated heterocycles. The van der Waals surface area contributed by atoms with Crippen molar-refractivity contribution in [3.05, 3.63) is 29.8 Å². The maximum absolute atomic E-state index is 5.74. The van der Waals surface area contributed by atoms with Crippen LogP contribution in [-0.2, 0) is 15.9 Å². The monoisotopic (exact) mass is 463 g/mol. The zero-order valence-electron chi connectivity index (χ0n) is 15.3. The van der Waals surface area contributed by atoms with Crippen molar-refractivity contribution in [3.63, 3.8) is 0 Å². The lowest BCUT2D eigenvalue weighted by Crippen LogP contribution is -2.51. The van der Waals surface area contributed by atoms with Gasteiger partial charge in [0.15, 0.2) is 5.96 Å². The second-order valence-corrected chi connectivity index (χ2v) is 5.91. The molecule has 0 radical (unpaired) electrons. The van der Waals surface area contributed by atoms with E-state index in [4.69, 9.17) is 14.2 Å². The number of halogens is 1. The van der Waals surface area contributed by atoms with Crippen molar-refractivity contribution in [3.8, 4) is 5.75 Å². The van der Waals surface area contributed by atoms with E-state index in [9.17, 15) is 0 Å². The van der Waals surface area contributed by atoms with E-state index in [1.807, 2.05) is 18.2 Å². The molecule has 1 fully saturated rings. The quantitative estimate of drug-likeness (QED) is 0.369. The minimum Gasteiger partial charge on any atom is -0.496 e. The maximum atomic E-state index is 5.74. The average molecular weight is 463 g/mol. The van der Waals surface area contributed by atoms with Crippen molar-refractivity contribution < 1.29 is 14.2 Å². The Morgan fingerprint density at radius 1 is 1.20 bits per heavy atom. The number of aliphatic imine (C=N–C) groups is 1. The summed E-state index contributed by atoms with van der Waals surface area (Å²) in [4.78, 5) is 4.29. The lowest BCUT2D eigenvalue weighted by atomic mass is 9.94. The fraction of sp³-hybridized carbons (Fsp3) is 0.611. The first-order valence-electron chi connectivity index (χ1n) is 8.42. The number of guanidine groups is 1. The summed E-state index contributed by atoms with van der Waals surface area (Å²) < 4.78 is 16.5. The molecular formula is C18H30IN3O3. The minimum absolute atomic E-state index is 0. The van der Waals surface area contributed by atoms with Crippen LogP contribution in [0.3, 0.4) is 0 Å². The highest BCUT2D eigenvalue weighted by atomic mass is 127. The number of rotatable bonds is 7. The molecule has 0 aliphatic carbocycles. The molecule has 0 aromatic heterocycles. The second-order valence-electron chi connectivity index (χ2n) is 5.91. The molecule has 0 unspecified atom stereocenters. The van der Waals surface area contributed by atoms with E-state index in [1.165, 1.54) is 5.56 Å². The van der Waals surface area contributed by atoms with Gasteiger partial charge in [0, 0.05) is 53.3 Å². The van der Waals surface area contributed by atoms with E-state index in [2.05, 4.69) is 21.7 Å². The number of benzene rings is 1. The van der Waals surface area contributed by atoms with Crippen molar-refractivity contribution in [2.24, 2.45) is 4.99 Å². The van der Waals surface area contributed by atoms with Gasteiger partial charge < -0.3 is 24.8 Å². The van der Waals surface area contributed by atoms with Gasteiger partial charge in [-0.05, 0) is 18.1 Å². The smallest absolute Gasteiger partial charge is 0.191 e. The molecule has 0 bridgehead atoms. The standard InChI is InChI=1S/C18H29N3O3.HI/c1-19-17(21-14-18(23-3)9-12-24-13-10-18)20-11-8-15-6-4-5-7-16(15)22-2;/h4-7H,8-14H2,1-3H3,(H2,19,20,21);1H. The molecule has 1 aliphatic rings. The first-order chi connectivity index (χ1) is 11.7. The molecular weight excluding hydrogens is 433 g/mol. The van der Waals surface area contributed by atoms with Crippen molar-refractivity contribution in [2.75, 3.05) is 47.6 Å². The van der Waals surface area contributed by atoms with Gasteiger partial charge in [0.05, 0.1) is 12.7 Å². The number of nitrogens with one attached hydrogen (secondary N) is 2. The molecule has 0 atom stereocenters. The number of para-hydroxylation sites is 1. The fourth-order valence-corrected chi connectivity index (χ4v) is 2.89. The molecule has 0 spiro atoms. The van der Waals surface area contributed by atoms with E-state index in [-0.39, 0.29) is 29.6 Å².